The SMILES string of the molecule is CC(C)(C)OC(=O)C1CCCCC1.CN1CCc2nc(C(N)=O)sc2C1.NC(=O)C(=O)Nc1ccc(Cl)cn1. The van der Waals surface area contributed by atoms with Gasteiger partial charge in [-0.1, -0.05) is 30.9 Å². The molecule has 214 valence electrons. The molecule has 5 N–H and O–H groups in total. The van der Waals surface area contributed by atoms with Crippen LogP contribution >= 0.6 is 22.9 Å². The van der Waals surface area contributed by atoms with E-state index in [0.717, 1.165) is 38.0 Å². The van der Waals surface area contributed by atoms with Gasteiger partial charge in [0.05, 0.1) is 16.6 Å². The van der Waals surface area contributed by atoms with E-state index < -0.39 is 17.7 Å². The van der Waals surface area contributed by atoms with Gasteiger partial charge in [-0.15, -0.1) is 11.3 Å². The fourth-order valence-electron chi connectivity index (χ4n) is 3.78. The Kier molecular flexibility index (Phi) is 12.3. The van der Waals surface area contributed by atoms with E-state index in [-0.39, 0.29) is 23.3 Å². The third kappa shape index (κ3) is 11.7. The quantitative estimate of drug-likeness (QED) is 0.366. The number of rotatable bonds is 3. The van der Waals surface area contributed by atoms with Crippen molar-refractivity contribution in [1.82, 2.24) is 14.9 Å². The summed E-state index contributed by atoms with van der Waals surface area (Å²) >= 11 is 6.96. The number of amides is 3. The van der Waals surface area contributed by atoms with Crippen LogP contribution in [0, 0.1) is 5.92 Å². The molecule has 0 spiro atoms. The second-order valence-electron chi connectivity index (χ2n) is 10.3. The lowest BCUT2D eigenvalue weighted by Crippen LogP contribution is -2.29. The van der Waals surface area contributed by atoms with Gasteiger partial charge in [-0.2, -0.15) is 0 Å². The van der Waals surface area contributed by atoms with Crippen molar-refractivity contribution >= 4 is 52.4 Å². The highest BCUT2D eigenvalue weighted by atomic mass is 35.5. The van der Waals surface area contributed by atoms with Crippen LogP contribution in [-0.2, 0) is 32.1 Å². The number of hydrogen-bond acceptors (Lipinski definition) is 9. The summed E-state index contributed by atoms with van der Waals surface area (Å²) in [4.78, 5) is 54.8. The Morgan fingerprint density at radius 3 is 2.33 bits per heavy atom. The van der Waals surface area contributed by atoms with Gasteiger partial charge in [-0.05, 0) is 52.8 Å². The van der Waals surface area contributed by atoms with Gasteiger partial charge < -0.3 is 26.4 Å². The molecule has 0 radical (unpaired) electrons. The first-order chi connectivity index (χ1) is 18.2. The Hall–Kier alpha value is -3.09. The maximum absolute atomic E-state index is 11.6. The average Bonchev–Trinajstić information content (AvgIpc) is 3.29. The van der Waals surface area contributed by atoms with Crippen molar-refractivity contribution in [2.45, 2.75) is 71.4 Å². The number of thiazole rings is 1. The van der Waals surface area contributed by atoms with Crippen molar-refractivity contribution in [2.24, 2.45) is 17.4 Å². The first-order valence-corrected chi connectivity index (χ1v) is 13.9. The van der Waals surface area contributed by atoms with Gasteiger partial charge in [-0.25, -0.2) is 9.97 Å². The monoisotopic (exact) mass is 580 g/mol. The van der Waals surface area contributed by atoms with Crippen molar-refractivity contribution in [3.05, 3.63) is 38.9 Å². The minimum Gasteiger partial charge on any atom is -0.460 e. The topological polar surface area (TPSA) is 171 Å². The molecule has 1 aliphatic heterocycles. The smallest absolute Gasteiger partial charge is 0.314 e. The summed E-state index contributed by atoms with van der Waals surface area (Å²) in [6.07, 6.45) is 7.96. The van der Waals surface area contributed by atoms with Crippen LogP contribution in [-0.4, -0.2) is 57.8 Å². The number of nitrogens with two attached hydrogens (primary N) is 2. The Morgan fingerprint density at radius 2 is 1.79 bits per heavy atom. The summed E-state index contributed by atoms with van der Waals surface area (Å²) in [5.41, 5.74) is 10.6. The number of carbonyl (C=O) groups is 4. The zero-order valence-corrected chi connectivity index (χ0v) is 24.4. The number of likely N-dealkylation sites (N-methyl/N-ethyl adjacent to an activating group) is 1. The van der Waals surface area contributed by atoms with Crippen LogP contribution in [0.4, 0.5) is 5.82 Å². The number of carbonyl (C=O) groups excluding carboxylic acids is 4. The number of anilines is 1. The molecule has 0 bridgehead atoms. The number of primary amides is 2. The van der Waals surface area contributed by atoms with Crippen molar-refractivity contribution in [3.8, 4) is 0 Å². The van der Waals surface area contributed by atoms with Crippen LogP contribution in [0.25, 0.3) is 0 Å². The fraction of sp³-hybridized carbons (Fsp3) is 0.538. The van der Waals surface area contributed by atoms with Gasteiger partial charge in [0.25, 0.3) is 5.91 Å². The first-order valence-electron chi connectivity index (χ1n) is 12.7. The van der Waals surface area contributed by atoms with E-state index in [4.69, 9.17) is 27.8 Å². The predicted octanol–water partition coefficient (Wildman–Crippen LogP) is 3.30. The largest absolute Gasteiger partial charge is 0.460 e. The number of nitrogens with one attached hydrogen (secondary N) is 1. The normalized spacial score (nSPS) is 15.4. The van der Waals surface area contributed by atoms with E-state index in [9.17, 15) is 19.2 Å². The molecule has 11 nitrogen and oxygen atoms in total. The van der Waals surface area contributed by atoms with Crippen LogP contribution < -0.4 is 16.8 Å². The van der Waals surface area contributed by atoms with E-state index in [1.165, 1.54) is 53.8 Å². The molecule has 2 aliphatic rings. The molecule has 1 fully saturated rings. The van der Waals surface area contributed by atoms with Crippen molar-refractivity contribution in [3.63, 3.8) is 0 Å². The molecule has 1 saturated carbocycles. The molecular formula is C26H37ClN6O5S. The van der Waals surface area contributed by atoms with E-state index in [0.29, 0.717) is 10.0 Å². The van der Waals surface area contributed by atoms with Crippen molar-refractivity contribution in [1.29, 1.82) is 0 Å². The Bertz CT molecular complexity index is 1140. The van der Waals surface area contributed by atoms with Gasteiger partial charge >= 0.3 is 17.8 Å². The maximum Gasteiger partial charge on any atom is 0.314 e. The van der Waals surface area contributed by atoms with Crippen molar-refractivity contribution < 1.29 is 23.9 Å². The van der Waals surface area contributed by atoms with Crippen LogP contribution in [0.5, 0.6) is 0 Å². The summed E-state index contributed by atoms with van der Waals surface area (Å²) < 4.78 is 5.34. The molecule has 4 rings (SSSR count). The van der Waals surface area contributed by atoms with E-state index in [1.807, 2.05) is 20.8 Å². The second-order valence-corrected chi connectivity index (χ2v) is 11.8. The number of esters is 1. The van der Waals surface area contributed by atoms with Gasteiger partial charge in [0.1, 0.15) is 11.4 Å². The standard InChI is InChI=1S/C11H20O2.C8H11N3OS.C7H6ClN3O2/c1-11(2,3)13-10(12)9-7-5-4-6-8-9;1-11-3-2-5-6(4-11)13-8(10-5)7(9)12;8-4-1-2-5(10-3-4)11-7(13)6(9)12/h9H,4-8H2,1-3H3;2-4H2,1H3,(H2,9,12);1-3H,(H2,9,12)(H,10,11,13). The second kappa shape index (κ2) is 14.9. The summed E-state index contributed by atoms with van der Waals surface area (Å²) in [6, 6.07) is 2.99. The van der Waals surface area contributed by atoms with E-state index >= 15 is 0 Å². The van der Waals surface area contributed by atoms with Crippen LogP contribution in [0.3, 0.4) is 0 Å². The minimum atomic E-state index is -1.06. The van der Waals surface area contributed by atoms with Crippen LogP contribution in [0.1, 0.15) is 73.2 Å². The molecular weight excluding hydrogens is 544 g/mol. The number of hydrogen-bond donors (Lipinski definition) is 3. The summed E-state index contributed by atoms with van der Waals surface area (Å²) in [6.45, 7) is 7.67. The highest BCUT2D eigenvalue weighted by molar-refractivity contribution is 7.13. The molecule has 39 heavy (non-hydrogen) atoms. The number of pyridine rings is 1. The molecule has 13 heteroatoms. The predicted molar refractivity (Wildman–Crippen MR) is 150 cm³/mol. The minimum absolute atomic E-state index is 0.00667. The zero-order chi connectivity index (χ0) is 29.2. The molecule has 2 aromatic rings. The molecule has 0 unspecified atom stereocenters. The molecule has 0 aromatic carbocycles. The van der Waals surface area contributed by atoms with Gasteiger partial charge in [-0.3, -0.25) is 19.2 Å². The summed E-state index contributed by atoms with van der Waals surface area (Å²) in [5.74, 6) is -1.97. The number of fused-ring (bicyclic) bond motifs is 1. The Labute approximate surface area is 237 Å². The maximum atomic E-state index is 11.6. The van der Waals surface area contributed by atoms with Gasteiger partial charge in [0, 0.05) is 30.6 Å². The lowest BCUT2D eigenvalue weighted by atomic mass is 9.89. The third-order valence-corrected chi connectivity index (χ3v) is 6.99. The molecule has 1 aliphatic carbocycles. The zero-order valence-electron chi connectivity index (χ0n) is 22.8. The van der Waals surface area contributed by atoms with E-state index in [1.54, 1.807) is 0 Å². The first kappa shape index (κ1) is 32.1. The number of ether oxygens (including phenoxy) is 1. The molecule has 3 amide bonds. The van der Waals surface area contributed by atoms with Crippen LogP contribution in [0.15, 0.2) is 18.3 Å². The Morgan fingerprint density at radius 1 is 1.13 bits per heavy atom. The average molecular weight is 581 g/mol. The molecule has 0 saturated heterocycles. The molecule has 3 heterocycles. The Balaban J connectivity index is 0.000000205. The lowest BCUT2D eigenvalue weighted by Gasteiger charge is -2.25. The lowest BCUT2D eigenvalue weighted by molar-refractivity contribution is -0.161. The number of aromatic nitrogens is 2. The van der Waals surface area contributed by atoms with Crippen molar-refractivity contribution in [2.75, 3.05) is 18.9 Å². The fourth-order valence-corrected chi connectivity index (χ4v) is 4.93. The van der Waals surface area contributed by atoms with Gasteiger partial charge in [0.2, 0.25) is 0 Å². The number of halogens is 1. The molecule has 2 aromatic heterocycles. The summed E-state index contributed by atoms with van der Waals surface area (Å²) in [5, 5.41) is 3.07. The van der Waals surface area contributed by atoms with Crippen LogP contribution in [0.2, 0.25) is 5.02 Å². The molecule has 0 atom stereocenters. The third-order valence-electron chi connectivity index (χ3n) is 5.67. The number of nitrogens with zero attached hydrogens (tertiary/aromatic N) is 3. The highest BCUT2D eigenvalue weighted by Crippen LogP contribution is 2.26. The highest BCUT2D eigenvalue weighted by Gasteiger charge is 2.26. The summed E-state index contributed by atoms with van der Waals surface area (Å²) in [7, 11) is 2.06. The van der Waals surface area contributed by atoms with E-state index in [2.05, 4.69) is 27.2 Å². The van der Waals surface area contributed by atoms with Gasteiger partial charge in [0.15, 0.2) is 5.01 Å².